The molecule has 3 aromatic carbocycles. The van der Waals surface area contributed by atoms with E-state index in [9.17, 15) is 14.7 Å². The standard InChI is InChI=1S/C27H23NO5S/c29-24(16-25(30)31)27(32)28-20-11-13-21(14-12-20)33-17-22-15-23(18-7-3-1-4-8-18)26(34-22)19-9-5-2-6-10-19/h1-15,24,29H,16-17H2,(H,28,32)(H,30,31)/t24-/m1/s1. The van der Waals surface area contributed by atoms with Gasteiger partial charge in [0.05, 0.1) is 6.42 Å². The molecule has 1 heterocycles. The average Bonchev–Trinajstić information content (AvgIpc) is 3.29. The van der Waals surface area contributed by atoms with Crippen LogP contribution in [0.2, 0.25) is 0 Å². The van der Waals surface area contributed by atoms with Crippen molar-refractivity contribution in [3.05, 3.63) is 95.9 Å². The monoisotopic (exact) mass is 473 g/mol. The second kappa shape index (κ2) is 10.8. The van der Waals surface area contributed by atoms with Crippen molar-refractivity contribution in [2.75, 3.05) is 5.32 Å². The first-order valence-corrected chi connectivity index (χ1v) is 11.5. The van der Waals surface area contributed by atoms with Gasteiger partial charge in [0.15, 0.2) is 0 Å². The number of carboxylic acid groups (broad SMARTS) is 1. The highest BCUT2D eigenvalue weighted by Gasteiger charge is 2.18. The number of aliphatic carboxylic acids is 1. The predicted molar refractivity (Wildman–Crippen MR) is 133 cm³/mol. The lowest BCUT2D eigenvalue weighted by molar-refractivity contribution is -0.142. The number of nitrogens with one attached hydrogen (secondary N) is 1. The number of aliphatic hydroxyl groups excluding tert-OH is 1. The molecule has 0 aliphatic carbocycles. The van der Waals surface area contributed by atoms with Crippen molar-refractivity contribution in [3.8, 4) is 27.3 Å². The van der Waals surface area contributed by atoms with Gasteiger partial charge in [-0.25, -0.2) is 0 Å². The molecular formula is C27H23NO5S. The van der Waals surface area contributed by atoms with E-state index < -0.39 is 24.4 Å². The normalized spacial score (nSPS) is 11.6. The lowest BCUT2D eigenvalue weighted by Crippen LogP contribution is -2.29. The topological polar surface area (TPSA) is 95.9 Å². The van der Waals surface area contributed by atoms with Crippen LogP contribution in [0.5, 0.6) is 5.75 Å². The smallest absolute Gasteiger partial charge is 0.306 e. The number of aliphatic hydroxyl groups is 1. The Kier molecular flexibility index (Phi) is 7.37. The van der Waals surface area contributed by atoms with Crippen molar-refractivity contribution in [1.82, 2.24) is 0 Å². The summed E-state index contributed by atoms with van der Waals surface area (Å²) in [5, 5.41) is 20.8. The summed E-state index contributed by atoms with van der Waals surface area (Å²) in [4.78, 5) is 24.7. The first-order chi connectivity index (χ1) is 16.5. The van der Waals surface area contributed by atoms with Crippen molar-refractivity contribution < 1.29 is 24.5 Å². The summed E-state index contributed by atoms with van der Waals surface area (Å²) in [6, 6.07) is 29.4. The van der Waals surface area contributed by atoms with Gasteiger partial charge in [-0.3, -0.25) is 9.59 Å². The van der Waals surface area contributed by atoms with Crippen molar-refractivity contribution in [1.29, 1.82) is 0 Å². The maximum Gasteiger partial charge on any atom is 0.306 e. The second-order valence-corrected chi connectivity index (χ2v) is 8.74. The Morgan fingerprint density at radius 3 is 2.12 bits per heavy atom. The lowest BCUT2D eigenvalue weighted by Gasteiger charge is -2.10. The van der Waals surface area contributed by atoms with Gasteiger partial charge < -0.3 is 20.3 Å². The van der Waals surface area contributed by atoms with Gasteiger partial charge in [-0.05, 0) is 41.5 Å². The lowest BCUT2D eigenvalue weighted by atomic mass is 10.0. The Morgan fingerprint density at radius 2 is 1.50 bits per heavy atom. The number of anilines is 1. The highest BCUT2D eigenvalue weighted by molar-refractivity contribution is 7.16. The van der Waals surface area contributed by atoms with Gasteiger partial charge in [0.1, 0.15) is 18.5 Å². The van der Waals surface area contributed by atoms with Gasteiger partial charge in [-0.15, -0.1) is 11.3 Å². The summed E-state index contributed by atoms with van der Waals surface area (Å²) in [5.74, 6) is -1.39. The van der Waals surface area contributed by atoms with Gasteiger partial charge in [0.2, 0.25) is 0 Å². The minimum Gasteiger partial charge on any atom is -0.488 e. The van der Waals surface area contributed by atoms with Crippen LogP contribution in [0.4, 0.5) is 5.69 Å². The molecule has 0 saturated carbocycles. The van der Waals surface area contributed by atoms with Gasteiger partial charge in [-0.1, -0.05) is 60.7 Å². The maximum absolute atomic E-state index is 11.9. The van der Waals surface area contributed by atoms with Gasteiger partial charge >= 0.3 is 5.97 Å². The van der Waals surface area contributed by atoms with Gasteiger partial charge in [-0.2, -0.15) is 0 Å². The Hall–Kier alpha value is -3.94. The molecular weight excluding hydrogens is 450 g/mol. The first kappa shape index (κ1) is 23.2. The number of carboxylic acids is 1. The minimum atomic E-state index is -1.61. The number of thiophene rings is 1. The molecule has 1 atom stereocenters. The molecule has 0 bridgehead atoms. The summed E-state index contributed by atoms with van der Waals surface area (Å²) in [7, 11) is 0. The van der Waals surface area contributed by atoms with Crippen LogP contribution in [0.25, 0.3) is 21.6 Å². The zero-order chi connectivity index (χ0) is 23.9. The molecule has 172 valence electrons. The Bertz CT molecular complexity index is 1200. The molecule has 0 aliphatic heterocycles. The quantitative estimate of drug-likeness (QED) is 0.301. The summed E-state index contributed by atoms with van der Waals surface area (Å²) < 4.78 is 5.96. The van der Waals surface area contributed by atoms with Crippen LogP contribution in [-0.2, 0) is 16.2 Å². The van der Waals surface area contributed by atoms with E-state index in [4.69, 9.17) is 9.84 Å². The fourth-order valence-corrected chi connectivity index (χ4v) is 4.52. The third kappa shape index (κ3) is 5.89. The molecule has 6 nitrogen and oxygen atoms in total. The number of carbonyl (C=O) groups excluding carboxylic acids is 1. The van der Waals surface area contributed by atoms with E-state index in [0.29, 0.717) is 18.0 Å². The molecule has 0 fully saturated rings. The summed E-state index contributed by atoms with van der Waals surface area (Å²) in [6.07, 6.45) is -2.26. The Balaban J connectivity index is 1.45. The average molecular weight is 474 g/mol. The molecule has 7 heteroatoms. The van der Waals surface area contributed by atoms with E-state index >= 15 is 0 Å². The molecule has 0 unspecified atom stereocenters. The number of rotatable bonds is 9. The first-order valence-electron chi connectivity index (χ1n) is 10.7. The van der Waals surface area contributed by atoms with Crippen molar-refractivity contribution in [2.45, 2.75) is 19.1 Å². The number of carbonyl (C=O) groups is 2. The third-order valence-corrected chi connectivity index (χ3v) is 6.24. The van der Waals surface area contributed by atoms with E-state index in [1.165, 1.54) is 4.88 Å². The maximum atomic E-state index is 11.9. The van der Waals surface area contributed by atoms with Crippen molar-refractivity contribution in [3.63, 3.8) is 0 Å². The van der Waals surface area contributed by atoms with Crippen LogP contribution >= 0.6 is 11.3 Å². The molecule has 3 N–H and O–H groups in total. The van der Waals surface area contributed by atoms with E-state index in [1.807, 2.05) is 36.4 Å². The predicted octanol–water partition coefficient (Wildman–Crippen LogP) is 5.44. The van der Waals surface area contributed by atoms with E-state index in [-0.39, 0.29) is 0 Å². The largest absolute Gasteiger partial charge is 0.488 e. The number of amides is 1. The fraction of sp³-hybridized carbons (Fsp3) is 0.111. The third-order valence-electron chi connectivity index (χ3n) is 5.08. The number of benzene rings is 3. The van der Waals surface area contributed by atoms with Crippen LogP contribution in [0, 0.1) is 0 Å². The highest BCUT2D eigenvalue weighted by Crippen LogP contribution is 2.39. The summed E-state index contributed by atoms with van der Waals surface area (Å²) in [5.41, 5.74) is 3.90. The second-order valence-electron chi connectivity index (χ2n) is 7.60. The molecule has 4 aromatic rings. The van der Waals surface area contributed by atoms with E-state index in [0.717, 1.165) is 21.6 Å². The molecule has 0 aliphatic rings. The molecule has 0 saturated heterocycles. The SMILES string of the molecule is O=C(O)C[C@@H](O)C(=O)Nc1ccc(OCc2cc(-c3ccccc3)c(-c3ccccc3)s2)cc1. The van der Waals surface area contributed by atoms with Crippen molar-refractivity contribution in [2.24, 2.45) is 0 Å². The van der Waals surface area contributed by atoms with Crippen LogP contribution in [0.15, 0.2) is 91.0 Å². The molecule has 1 amide bonds. The highest BCUT2D eigenvalue weighted by atomic mass is 32.1. The molecule has 34 heavy (non-hydrogen) atoms. The summed E-state index contributed by atoms with van der Waals surface area (Å²) >= 11 is 1.69. The van der Waals surface area contributed by atoms with Crippen LogP contribution < -0.4 is 10.1 Å². The molecule has 0 radical (unpaired) electrons. The summed E-state index contributed by atoms with van der Waals surface area (Å²) in [6.45, 7) is 0.389. The van der Waals surface area contributed by atoms with Gasteiger partial charge in [0, 0.05) is 21.0 Å². The molecule has 0 spiro atoms. The van der Waals surface area contributed by atoms with Crippen LogP contribution in [0.1, 0.15) is 11.3 Å². The Morgan fingerprint density at radius 1 is 0.882 bits per heavy atom. The van der Waals surface area contributed by atoms with E-state index in [2.05, 4.69) is 35.6 Å². The minimum absolute atomic E-state index is 0.389. The van der Waals surface area contributed by atoms with Gasteiger partial charge in [0.25, 0.3) is 5.91 Å². The zero-order valence-corrected chi connectivity index (χ0v) is 19.0. The number of ether oxygens (including phenoxy) is 1. The van der Waals surface area contributed by atoms with Crippen molar-refractivity contribution >= 4 is 28.9 Å². The number of hydrogen-bond donors (Lipinski definition) is 3. The molecule has 1 aromatic heterocycles. The van der Waals surface area contributed by atoms with Crippen LogP contribution in [-0.4, -0.2) is 28.2 Å². The fourth-order valence-electron chi connectivity index (χ4n) is 3.42. The zero-order valence-electron chi connectivity index (χ0n) is 18.2. The Labute approximate surface area is 201 Å². The number of hydrogen-bond acceptors (Lipinski definition) is 5. The van der Waals surface area contributed by atoms with E-state index in [1.54, 1.807) is 35.6 Å². The molecule has 4 rings (SSSR count). The van der Waals surface area contributed by atoms with Crippen LogP contribution in [0.3, 0.4) is 0 Å².